The van der Waals surface area contributed by atoms with Crippen molar-refractivity contribution in [3.8, 4) is 17.2 Å². The third kappa shape index (κ3) is 5.72. The molecule has 9 nitrogen and oxygen atoms in total. The van der Waals surface area contributed by atoms with Crippen molar-refractivity contribution in [2.45, 2.75) is 24.8 Å². The van der Waals surface area contributed by atoms with Crippen LogP contribution >= 0.6 is 0 Å². The van der Waals surface area contributed by atoms with Gasteiger partial charge in [0, 0.05) is 23.9 Å². The first kappa shape index (κ1) is 24.1. The third-order valence-electron chi connectivity index (χ3n) is 4.92. The van der Waals surface area contributed by atoms with Crippen LogP contribution in [0.2, 0.25) is 0 Å². The Balaban J connectivity index is 1.72. The summed E-state index contributed by atoms with van der Waals surface area (Å²) in [6.07, 6.45) is -0.0210. The lowest BCUT2D eigenvalue weighted by molar-refractivity contribution is 0.242. The molecular formula is C25H26N4O5S. The number of nitrogens with zero attached hydrogens (tertiary/aromatic N) is 2. The molecule has 0 bridgehead atoms. The summed E-state index contributed by atoms with van der Waals surface area (Å²) in [4.78, 5) is 9.19. The Morgan fingerprint density at radius 2 is 1.34 bits per heavy atom. The van der Waals surface area contributed by atoms with E-state index in [0.717, 1.165) is 0 Å². The van der Waals surface area contributed by atoms with Crippen LogP contribution in [0.15, 0.2) is 71.6 Å². The average Bonchev–Trinajstić information content (AvgIpc) is 2.84. The lowest BCUT2D eigenvalue weighted by Crippen LogP contribution is -2.16. The van der Waals surface area contributed by atoms with E-state index in [1.165, 1.54) is 12.1 Å². The maximum atomic E-state index is 13.2. The zero-order valence-electron chi connectivity index (χ0n) is 19.8. The predicted octanol–water partition coefficient (Wildman–Crippen LogP) is 4.98. The predicted molar refractivity (Wildman–Crippen MR) is 135 cm³/mol. The largest absolute Gasteiger partial charge is 0.497 e. The number of anilines is 3. The van der Waals surface area contributed by atoms with Crippen molar-refractivity contribution in [2.75, 3.05) is 24.3 Å². The maximum absolute atomic E-state index is 13.2. The molecule has 0 aliphatic rings. The van der Waals surface area contributed by atoms with Crippen LogP contribution in [0.3, 0.4) is 0 Å². The molecule has 4 aromatic rings. The molecular weight excluding hydrogens is 468 g/mol. The zero-order chi connectivity index (χ0) is 25.0. The SMILES string of the molecule is COc1cc(Nc2nc3ccccc3nc2NS(=O)(=O)c2ccc(OC(C)C)cc2)cc(OC)c1. The van der Waals surface area contributed by atoms with E-state index in [1.54, 1.807) is 56.7 Å². The number of methoxy groups -OCH3 is 2. The molecule has 3 aromatic carbocycles. The van der Waals surface area contributed by atoms with Gasteiger partial charge in [0.05, 0.1) is 36.3 Å². The molecule has 0 saturated carbocycles. The second-order valence-electron chi connectivity index (χ2n) is 7.88. The molecule has 0 fully saturated rings. The van der Waals surface area contributed by atoms with Gasteiger partial charge in [-0.05, 0) is 50.2 Å². The van der Waals surface area contributed by atoms with Gasteiger partial charge in [0.2, 0.25) is 0 Å². The van der Waals surface area contributed by atoms with Crippen LogP contribution in [-0.4, -0.2) is 38.7 Å². The monoisotopic (exact) mass is 494 g/mol. The van der Waals surface area contributed by atoms with E-state index in [9.17, 15) is 8.42 Å². The smallest absolute Gasteiger partial charge is 0.263 e. The number of rotatable bonds is 9. The van der Waals surface area contributed by atoms with Crippen molar-refractivity contribution in [3.63, 3.8) is 0 Å². The summed E-state index contributed by atoms with van der Waals surface area (Å²) in [5.41, 5.74) is 1.73. The van der Waals surface area contributed by atoms with E-state index in [0.29, 0.717) is 34.0 Å². The Morgan fingerprint density at radius 3 is 1.89 bits per heavy atom. The van der Waals surface area contributed by atoms with Crippen molar-refractivity contribution >= 4 is 38.4 Å². The lowest BCUT2D eigenvalue weighted by Gasteiger charge is -2.15. The first-order chi connectivity index (χ1) is 16.8. The average molecular weight is 495 g/mol. The van der Waals surface area contributed by atoms with Gasteiger partial charge in [-0.1, -0.05) is 12.1 Å². The molecule has 0 atom stereocenters. The molecule has 0 amide bonds. The molecule has 0 saturated heterocycles. The Kier molecular flexibility index (Phi) is 6.92. The van der Waals surface area contributed by atoms with E-state index in [2.05, 4.69) is 20.0 Å². The number of nitrogens with one attached hydrogen (secondary N) is 2. The van der Waals surface area contributed by atoms with Gasteiger partial charge in [0.15, 0.2) is 11.6 Å². The van der Waals surface area contributed by atoms with E-state index in [-0.39, 0.29) is 22.6 Å². The summed E-state index contributed by atoms with van der Waals surface area (Å²) in [5, 5.41) is 3.14. The molecule has 1 heterocycles. The first-order valence-electron chi connectivity index (χ1n) is 10.8. The van der Waals surface area contributed by atoms with E-state index in [1.807, 2.05) is 26.0 Å². The van der Waals surface area contributed by atoms with Gasteiger partial charge in [-0.3, -0.25) is 4.72 Å². The summed E-state index contributed by atoms with van der Waals surface area (Å²) in [7, 11) is -0.871. The van der Waals surface area contributed by atoms with E-state index >= 15 is 0 Å². The molecule has 0 unspecified atom stereocenters. The Labute approximate surface area is 204 Å². The van der Waals surface area contributed by atoms with Gasteiger partial charge >= 0.3 is 0 Å². The fraction of sp³-hybridized carbons (Fsp3) is 0.200. The van der Waals surface area contributed by atoms with Crippen LogP contribution in [0, 0.1) is 0 Å². The standard InChI is InChI=1S/C25H26N4O5S/c1-16(2)34-18-9-11-21(12-10-18)35(30,31)29-25-24(27-22-7-5-6-8-23(22)28-25)26-17-13-19(32-3)15-20(14-17)33-4/h5-16H,1-4H3,(H,26,27)(H,28,29). The topological polar surface area (TPSA) is 112 Å². The number of aromatic nitrogens is 2. The van der Waals surface area contributed by atoms with Crippen LogP contribution in [0.25, 0.3) is 11.0 Å². The highest BCUT2D eigenvalue weighted by atomic mass is 32.2. The number of benzene rings is 3. The molecule has 0 aliphatic carbocycles. The Hall–Kier alpha value is -4.05. The third-order valence-corrected chi connectivity index (χ3v) is 6.28. The summed E-state index contributed by atoms with van der Waals surface area (Å²) < 4.78 is 45.2. The molecule has 2 N–H and O–H groups in total. The van der Waals surface area contributed by atoms with Gasteiger partial charge in [0.1, 0.15) is 17.2 Å². The molecule has 1 aromatic heterocycles. The van der Waals surface area contributed by atoms with E-state index < -0.39 is 10.0 Å². The molecule has 35 heavy (non-hydrogen) atoms. The van der Waals surface area contributed by atoms with Crippen molar-refractivity contribution < 1.29 is 22.6 Å². The normalized spacial score (nSPS) is 11.3. The van der Waals surface area contributed by atoms with Crippen LogP contribution in [0.5, 0.6) is 17.2 Å². The fourth-order valence-electron chi connectivity index (χ4n) is 3.33. The van der Waals surface area contributed by atoms with Crippen LogP contribution < -0.4 is 24.2 Å². The van der Waals surface area contributed by atoms with Gasteiger partial charge in [-0.2, -0.15) is 0 Å². The summed E-state index contributed by atoms with van der Waals surface area (Å²) in [6, 6.07) is 18.6. The number of para-hydroxylation sites is 2. The molecule has 0 aliphatic heterocycles. The van der Waals surface area contributed by atoms with Gasteiger partial charge < -0.3 is 19.5 Å². The van der Waals surface area contributed by atoms with Crippen molar-refractivity contribution in [1.29, 1.82) is 0 Å². The quantitative estimate of drug-likeness (QED) is 0.335. The maximum Gasteiger partial charge on any atom is 0.263 e. The molecule has 182 valence electrons. The highest BCUT2D eigenvalue weighted by Crippen LogP contribution is 2.31. The number of fused-ring (bicyclic) bond motifs is 1. The number of hydrogen-bond donors (Lipinski definition) is 2. The van der Waals surface area contributed by atoms with Gasteiger partial charge in [-0.25, -0.2) is 18.4 Å². The van der Waals surface area contributed by atoms with E-state index in [4.69, 9.17) is 14.2 Å². The summed E-state index contributed by atoms with van der Waals surface area (Å²) >= 11 is 0. The summed E-state index contributed by atoms with van der Waals surface area (Å²) in [6.45, 7) is 3.80. The number of hydrogen-bond acceptors (Lipinski definition) is 8. The second kappa shape index (κ2) is 10.1. The first-order valence-corrected chi connectivity index (χ1v) is 12.3. The minimum atomic E-state index is -3.97. The minimum Gasteiger partial charge on any atom is -0.497 e. The number of sulfonamides is 1. The highest BCUT2D eigenvalue weighted by Gasteiger charge is 2.20. The van der Waals surface area contributed by atoms with Crippen LogP contribution in [-0.2, 0) is 10.0 Å². The lowest BCUT2D eigenvalue weighted by atomic mass is 10.2. The van der Waals surface area contributed by atoms with Crippen molar-refractivity contribution in [3.05, 3.63) is 66.7 Å². The molecule has 0 radical (unpaired) electrons. The molecule has 4 rings (SSSR count). The summed E-state index contributed by atoms with van der Waals surface area (Å²) in [5.74, 6) is 1.98. The van der Waals surface area contributed by atoms with Crippen molar-refractivity contribution in [2.24, 2.45) is 0 Å². The van der Waals surface area contributed by atoms with Crippen molar-refractivity contribution in [1.82, 2.24) is 9.97 Å². The number of ether oxygens (including phenoxy) is 3. The highest BCUT2D eigenvalue weighted by molar-refractivity contribution is 7.92. The molecule has 10 heteroatoms. The van der Waals surface area contributed by atoms with Gasteiger partial charge in [0.25, 0.3) is 10.0 Å². The second-order valence-corrected chi connectivity index (χ2v) is 9.56. The minimum absolute atomic E-state index is 0.0210. The van der Waals surface area contributed by atoms with Crippen LogP contribution in [0.4, 0.5) is 17.3 Å². The van der Waals surface area contributed by atoms with Gasteiger partial charge in [-0.15, -0.1) is 0 Å². The fourth-order valence-corrected chi connectivity index (χ4v) is 4.34. The Bertz CT molecular complexity index is 1420. The molecule has 0 spiro atoms. The van der Waals surface area contributed by atoms with Crippen LogP contribution in [0.1, 0.15) is 13.8 Å². The Morgan fingerprint density at radius 1 is 0.771 bits per heavy atom. The zero-order valence-corrected chi connectivity index (χ0v) is 20.6.